The minimum absolute atomic E-state index is 0.0987. The van der Waals surface area contributed by atoms with Gasteiger partial charge in [-0.1, -0.05) is 49.4 Å². The van der Waals surface area contributed by atoms with E-state index in [0.717, 1.165) is 5.56 Å². The summed E-state index contributed by atoms with van der Waals surface area (Å²) < 4.78 is 23.5. The minimum Gasteiger partial charge on any atom is -0.495 e. The Bertz CT molecular complexity index is 715. The molecule has 2 aromatic carbocycles. The fourth-order valence-electron chi connectivity index (χ4n) is 2.76. The Morgan fingerprint density at radius 3 is 2.32 bits per heavy atom. The lowest BCUT2D eigenvalue weighted by Crippen LogP contribution is -2.28. The third-order valence-corrected chi connectivity index (χ3v) is 6.14. The van der Waals surface area contributed by atoms with E-state index >= 15 is 0 Å². The molecule has 0 fully saturated rings. The lowest BCUT2D eigenvalue weighted by atomic mass is 9.97. The second kappa shape index (κ2) is 9.37. The van der Waals surface area contributed by atoms with E-state index in [2.05, 4.69) is 0 Å². The third-order valence-electron chi connectivity index (χ3n) is 4.19. The fourth-order valence-corrected chi connectivity index (χ4v) is 4.51. The van der Waals surface area contributed by atoms with Crippen LogP contribution in [0.1, 0.15) is 18.9 Å². The van der Waals surface area contributed by atoms with Crippen molar-refractivity contribution in [1.29, 1.82) is 0 Å². The van der Waals surface area contributed by atoms with Crippen molar-refractivity contribution in [3.8, 4) is 5.75 Å². The van der Waals surface area contributed by atoms with Crippen molar-refractivity contribution in [2.75, 3.05) is 14.2 Å². The predicted molar refractivity (Wildman–Crippen MR) is 99.1 cm³/mol. The van der Waals surface area contributed by atoms with Crippen LogP contribution in [0.2, 0.25) is 0 Å². The molecule has 0 aliphatic carbocycles. The molecule has 0 aromatic heterocycles. The standard InChI is InChI=1S/C20H24O4S/c1-15(13-20(21)24-3)19(14-16-9-5-4-6-10-16)25(22)18-12-8-7-11-17(18)23-2/h4-12,15,19H,13-14H2,1-3H3. The molecule has 0 aliphatic rings. The van der Waals surface area contributed by atoms with Crippen LogP contribution in [0.5, 0.6) is 5.75 Å². The lowest BCUT2D eigenvalue weighted by Gasteiger charge is -2.24. The second-order valence-corrected chi connectivity index (χ2v) is 7.57. The Labute approximate surface area is 151 Å². The molecule has 0 heterocycles. The average molecular weight is 360 g/mol. The first-order valence-electron chi connectivity index (χ1n) is 8.21. The van der Waals surface area contributed by atoms with Crippen molar-refractivity contribution in [2.24, 2.45) is 5.92 Å². The normalized spacial score (nSPS) is 14.4. The van der Waals surface area contributed by atoms with Gasteiger partial charge in [-0.15, -0.1) is 0 Å². The first-order chi connectivity index (χ1) is 12.1. The summed E-state index contributed by atoms with van der Waals surface area (Å²) in [6.45, 7) is 1.94. The van der Waals surface area contributed by atoms with Crippen LogP contribution in [-0.2, 0) is 26.8 Å². The molecule has 0 aliphatic heterocycles. The summed E-state index contributed by atoms with van der Waals surface area (Å²) >= 11 is 0. The van der Waals surface area contributed by atoms with Gasteiger partial charge in [-0.3, -0.25) is 9.00 Å². The zero-order valence-electron chi connectivity index (χ0n) is 14.8. The summed E-state index contributed by atoms with van der Waals surface area (Å²) in [6.07, 6.45) is 0.846. The summed E-state index contributed by atoms with van der Waals surface area (Å²) in [7, 11) is 1.63. The van der Waals surface area contributed by atoms with Crippen LogP contribution in [0.25, 0.3) is 0 Å². The molecule has 0 saturated carbocycles. The zero-order valence-corrected chi connectivity index (χ0v) is 15.6. The summed E-state index contributed by atoms with van der Waals surface area (Å²) in [5.41, 5.74) is 1.09. The van der Waals surface area contributed by atoms with Crippen LogP contribution in [0.3, 0.4) is 0 Å². The van der Waals surface area contributed by atoms with Gasteiger partial charge in [0.05, 0.1) is 29.9 Å². The number of hydrogen-bond acceptors (Lipinski definition) is 4. The van der Waals surface area contributed by atoms with Gasteiger partial charge in [-0.2, -0.15) is 0 Å². The summed E-state index contributed by atoms with van der Waals surface area (Å²) in [4.78, 5) is 12.4. The Morgan fingerprint density at radius 2 is 1.68 bits per heavy atom. The fraction of sp³-hybridized carbons (Fsp3) is 0.350. The van der Waals surface area contributed by atoms with Crippen molar-refractivity contribution in [1.82, 2.24) is 0 Å². The van der Waals surface area contributed by atoms with Gasteiger partial charge in [0.2, 0.25) is 0 Å². The average Bonchev–Trinajstić information content (AvgIpc) is 2.66. The van der Waals surface area contributed by atoms with Crippen LogP contribution in [0.15, 0.2) is 59.5 Å². The van der Waals surface area contributed by atoms with Gasteiger partial charge in [0.15, 0.2) is 0 Å². The largest absolute Gasteiger partial charge is 0.495 e. The van der Waals surface area contributed by atoms with Gasteiger partial charge >= 0.3 is 5.97 Å². The molecular weight excluding hydrogens is 336 g/mol. The molecule has 0 bridgehead atoms. The van der Waals surface area contributed by atoms with Crippen molar-refractivity contribution in [3.63, 3.8) is 0 Å². The Balaban J connectivity index is 2.32. The van der Waals surface area contributed by atoms with Gasteiger partial charge in [0.25, 0.3) is 0 Å². The molecule has 25 heavy (non-hydrogen) atoms. The van der Waals surface area contributed by atoms with Crippen LogP contribution in [-0.4, -0.2) is 29.6 Å². The zero-order chi connectivity index (χ0) is 18.2. The molecule has 0 spiro atoms. The van der Waals surface area contributed by atoms with E-state index in [1.54, 1.807) is 13.2 Å². The molecule has 4 nitrogen and oxygen atoms in total. The monoisotopic (exact) mass is 360 g/mol. The van der Waals surface area contributed by atoms with Crippen LogP contribution < -0.4 is 4.74 Å². The maximum absolute atomic E-state index is 13.3. The van der Waals surface area contributed by atoms with E-state index < -0.39 is 10.8 Å². The number of rotatable bonds is 8. The first kappa shape index (κ1) is 19.2. The molecule has 0 amide bonds. The summed E-state index contributed by atoms with van der Waals surface area (Å²) in [6, 6.07) is 17.2. The second-order valence-electron chi connectivity index (χ2n) is 5.93. The molecule has 3 unspecified atom stereocenters. The maximum Gasteiger partial charge on any atom is 0.305 e. The summed E-state index contributed by atoms with van der Waals surface area (Å²) in [5, 5.41) is -0.224. The maximum atomic E-state index is 13.3. The molecule has 3 atom stereocenters. The van der Waals surface area contributed by atoms with Crippen LogP contribution >= 0.6 is 0 Å². The smallest absolute Gasteiger partial charge is 0.305 e. The van der Waals surface area contributed by atoms with E-state index in [9.17, 15) is 9.00 Å². The van der Waals surface area contributed by atoms with E-state index in [1.165, 1.54) is 7.11 Å². The Kier molecular flexibility index (Phi) is 7.19. The minimum atomic E-state index is -1.31. The van der Waals surface area contributed by atoms with Gasteiger partial charge in [0, 0.05) is 11.7 Å². The molecule has 2 rings (SSSR count). The van der Waals surface area contributed by atoms with Crippen molar-refractivity contribution in [3.05, 3.63) is 60.2 Å². The van der Waals surface area contributed by atoms with Gasteiger partial charge in [-0.25, -0.2) is 0 Å². The van der Waals surface area contributed by atoms with E-state index in [1.807, 2.05) is 55.5 Å². The molecule has 134 valence electrons. The lowest BCUT2D eigenvalue weighted by molar-refractivity contribution is -0.141. The van der Waals surface area contributed by atoms with Crippen molar-refractivity contribution >= 4 is 16.8 Å². The van der Waals surface area contributed by atoms with E-state index in [-0.39, 0.29) is 23.6 Å². The van der Waals surface area contributed by atoms with Crippen molar-refractivity contribution in [2.45, 2.75) is 29.9 Å². The Hall–Kier alpha value is -2.14. The quantitative estimate of drug-likeness (QED) is 0.675. The number of esters is 1. The van der Waals surface area contributed by atoms with E-state index in [0.29, 0.717) is 17.1 Å². The highest BCUT2D eigenvalue weighted by Crippen LogP contribution is 2.29. The van der Waals surface area contributed by atoms with Crippen LogP contribution in [0.4, 0.5) is 0 Å². The number of para-hydroxylation sites is 1. The number of carbonyl (C=O) groups excluding carboxylic acids is 1. The van der Waals surface area contributed by atoms with Gasteiger partial charge < -0.3 is 9.47 Å². The molecule has 5 heteroatoms. The SMILES string of the molecule is COC(=O)CC(C)C(Cc1ccccc1)S(=O)c1ccccc1OC. The van der Waals surface area contributed by atoms with Gasteiger partial charge in [-0.05, 0) is 30.0 Å². The first-order valence-corrected chi connectivity index (χ1v) is 9.42. The van der Waals surface area contributed by atoms with Crippen LogP contribution in [0, 0.1) is 5.92 Å². The Morgan fingerprint density at radius 1 is 1.04 bits per heavy atom. The predicted octanol–water partition coefficient (Wildman–Crippen LogP) is 3.61. The van der Waals surface area contributed by atoms with E-state index in [4.69, 9.17) is 9.47 Å². The third kappa shape index (κ3) is 5.16. The molecule has 0 N–H and O–H groups in total. The topological polar surface area (TPSA) is 52.6 Å². The molecular formula is C20H24O4S. The highest BCUT2D eigenvalue weighted by molar-refractivity contribution is 7.85. The summed E-state index contributed by atoms with van der Waals surface area (Å²) in [5.74, 6) is 0.213. The number of carbonyl (C=O) groups is 1. The molecule has 2 aromatic rings. The highest BCUT2D eigenvalue weighted by Gasteiger charge is 2.28. The van der Waals surface area contributed by atoms with Crippen molar-refractivity contribution < 1.29 is 18.5 Å². The molecule has 0 saturated heterocycles. The number of benzene rings is 2. The van der Waals surface area contributed by atoms with Gasteiger partial charge in [0.1, 0.15) is 5.75 Å². The number of hydrogen-bond donors (Lipinski definition) is 0. The molecule has 0 radical (unpaired) electrons. The number of ether oxygens (including phenoxy) is 2. The number of methoxy groups -OCH3 is 2. The highest BCUT2D eigenvalue weighted by atomic mass is 32.2.